The Hall–Kier alpha value is -2.34. The lowest BCUT2D eigenvalue weighted by molar-refractivity contribution is 0.462. The van der Waals surface area contributed by atoms with Gasteiger partial charge in [-0.2, -0.15) is 0 Å². The largest absolute Gasteiger partial charge is 0.507 e. The number of nitrogens with zero attached hydrogens (tertiary/aromatic N) is 2. The van der Waals surface area contributed by atoms with Crippen LogP contribution >= 0.6 is 11.8 Å². The van der Waals surface area contributed by atoms with Crippen LogP contribution in [-0.4, -0.2) is 15.3 Å². The minimum atomic E-state index is -0.402. The Morgan fingerprint density at radius 3 is 2.62 bits per heavy atom. The molecule has 0 amide bonds. The molecule has 0 saturated carbocycles. The van der Waals surface area contributed by atoms with Gasteiger partial charge in [-0.3, -0.25) is 0 Å². The normalized spacial score (nSPS) is 10.7. The van der Waals surface area contributed by atoms with Crippen molar-refractivity contribution in [3.63, 3.8) is 0 Å². The molecule has 3 rings (SSSR count). The summed E-state index contributed by atoms with van der Waals surface area (Å²) >= 11 is 1.37. The first kappa shape index (κ1) is 13.6. The fourth-order valence-corrected chi connectivity index (χ4v) is 2.56. The molecule has 0 unspecified atom stereocenters. The van der Waals surface area contributed by atoms with E-state index in [-0.39, 0.29) is 17.2 Å². The molecular formula is C15H11FN2O2S. The third-order valence-electron chi connectivity index (χ3n) is 2.79. The average Bonchev–Trinajstić information content (AvgIpc) is 2.96. The molecule has 0 fully saturated rings. The molecule has 0 bridgehead atoms. The van der Waals surface area contributed by atoms with Crippen molar-refractivity contribution in [1.29, 1.82) is 0 Å². The summed E-state index contributed by atoms with van der Waals surface area (Å²) in [7, 11) is 0. The maximum Gasteiger partial charge on any atom is 0.250 e. The molecule has 0 aliphatic heterocycles. The Bertz CT molecular complexity index is 761. The first-order valence-electron chi connectivity index (χ1n) is 6.22. The Morgan fingerprint density at radius 1 is 1.05 bits per heavy atom. The van der Waals surface area contributed by atoms with Crippen LogP contribution in [0.1, 0.15) is 5.89 Å². The Morgan fingerprint density at radius 2 is 1.81 bits per heavy atom. The Balaban J connectivity index is 1.74. The molecule has 0 atom stereocenters. The zero-order chi connectivity index (χ0) is 14.7. The van der Waals surface area contributed by atoms with E-state index in [1.807, 2.05) is 6.07 Å². The number of phenolic OH excluding ortho intramolecular Hbond substituents is 1. The fourth-order valence-electron chi connectivity index (χ4n) is 1.77. The highest BCUT2D eigenvalue weighted by atomic mass is 32.2. The van der Waals surface area contributed by atoms with E-state index < -0.39 is 5.82 Å². The summed E-state index contributed by atoms with van der Waals surface area (Å²) in [6.07, 6.45) is 0. The molecule has 1 heterocycles. The molecule has 0 aliphatic carbocycles. The molecule has 0 aliphatic rings. The predicted molar refractivity (Wildman–Crippen MR) is 77.4 cm³/mol. The number of aromatic nitrogens is 2. The topological polar surface area (TPSA) is 59.2 Å². The molecule has 4 nitrogen and oxygen atoms in total. The van der Waals surface area contributed by atoms with Crippen molar-refractivity contribution in [2.24, 2.45) is 0 Å². The van der Waals surface area contributed by atoms with Crippen LogP contribution in [0.25, 0.3) is 11.5 Å². The van der Waals surface area contributed by atoms with E-state index >= 15 is 0 Å². The van der Waals surface area contributed by atoms with E-state index in [0.717, 1.165) is 4.90 Å². The maximum absolute atomic E-state index is 13.6. The van der Waals surface area contributed by atoms with Crippen LogP contribution in [0.2, 0.25) is 0 Å². The minimum absolute atomic E-state index is 0.154. The second kappa shape index (κ2) is 5.97. The zero-order valence-electron chi connectivity index (χ0n) is 10.9. The van der Waals surface area contributed by atoms with Gasteiger partial charge in [0.1, 0.15) is 11.6 Å². The van der Waals surface area contributed by atoms with Gasteiger partial charge in [0.25, 0.3) is 5.89 Å². The highest BCUT2D eigenvalue weighted by molar-refractivity contribution is 7.98. The van der Waals surface area contributed by atoms with Gasteiger partial charge < -0.3 is 9.52 Å². The summed E-state index contributed by atoms with van der Waals surface area (Å²) in [5.74, 6) is 0.735. The number of rotatable bonds is 4. The molecule has 0 radical (unpaired) electrons. The molecule has 0 saturated heterocycles. The second-order valence-electron chi connectivity index (χ2n) is 4.24. The summed E-state index contributed by atoms with van der Waals surface area (Å²) in [4.78, 5) is 0.725. The quantitative estimate of drug-likeness (QED) is 0.741. The lowest BCUT2D eigenvalue weighted by Gasteiger charge is -2.01. The van der Waals surface area contributed by atoms with Gasteiger partial charge in [0.15, 0.2) is 0 Å². The van der Waals surface area contributed by atoms with Crippen molar-refractivity contribution >= 4 is 11.8 Å². The van der Waals surface area contributed by atoms with E-state index in [2.05, 4.69) is 10.2 Å². The molecule has 1 N–H and O–H groups in total. The van der Waals surface area contributed by atoms with Crippen LogP contribution in [0.4, 0.5) is 4.39 Å². The predicted octanol–water partition coefficient (Wildman–Crippen LogP) is 3.87. The van der Waals surface area contributed by atoms with Gasteiger partial charge in [-0.15, -0.1) is 22.0 Å². The van der Waals surface area contributed by atoms with Gasteiger partial charge >= 0.3 is 0 Å². The van der Waals surface area contributed by atoms with E-state index in [0.29, 0.717) is 11.6 Å². The van der Waals surface area contributed by atoms with Crippen LogP contribution < -0.4 is 0 Å². The maximum atomic E-state index is 13.6. The third kappa shape index (κ3) is 3.05. The summed E-state index contributed by atoms with van der Waals surface area (Å²) < 4.78 is 19.1. The van der Waals surface area contributed by atoms with E-state index in [1.54, 1.807) is 36.4 Å². The summed E-state index contributed by atoms with van der Waals surface area (Å²) in [5.41, 5.74) is 0.281. The van der Waals surface area contributed by atoms with Gasteiger partial charge in [-0.25, -0.2) is 4.39 Å². The zero-order valence-corrected chi connectivity index (χ0v) is 11.7. The van der Waals surface area contributed by atoms with Crippen molar-refractivity contribution in [2.45, 2.75) is 10.6 Å². The Labute approximate surface area is 124 Å². The number of benzene rings is 2. The average molecular weight is 302 g/mol. The number of hydrogen-bond donors (Lipinski definition) is 1. The summed E-state index contributed by atoms with van der Waals surface area (Å²) in [6, 6.07) is 13.2. The van der Waals surface area contributed by atoms with Gasteiger partial charge in [0.05, 0.1) is 11.3 Å². The number of hydrogen-bond acceptors (Lipinski definition) is 5. The van der Waals surface area contributed by atoms with Gasteiger partial charge in [0, 0.05) is 4.90 Å². The van der Waals surface area contributed by atoms with Crippen molar-refractivity contribution in [2.75, 3.05) is 0 Å². The van der Waals surface area contributed by atoms with E-state index in [1.165, 1.54) is 17.8 Å². The van der Waals surface area contributed by atoms with Gasteiger partial charge in [0.2, 0.25) is 5.89 Å². The van der Waals surface area contributed by atoms with E-state index in [9.17, 15) is 9.50 Å². The van der Waals surface area contributed by atoms with Crippen molar-refractivity contribution in [3.8, 4) is 17.2 Å². The second-order valence-corrected chi connectivity index (χ2v) is 5.25. The fraction of sp³-hybridized carbons (Fsp3) is 0.0667. The highest BCUT2D eigenvalue weighted by Crippen LogP contribution is 2.30. The molecule has 0 spiro atoms. The molecule has 21 heavy (non-hydrogen) atoms. The first-order valence-corrected chi connectivity index (χ1v) is 7.20. The molecule has 3 aromatic rings. The SMILES string of the molecule is Oc1ccccc1SCc1nnc(-c2ccccc2F)o1. The number of phenols is 1. The standard InChI is InChI=1S/C15H11FN2O2S/c16-11-6-2-1-5-10(11)15-18-17-14(20-15)9-21-13-8-4-3-7-12(13)19/h1-8,19H,9H2. The van der Waals surface area contributed by atoms with Crippen molar-refractivity contribution < 1.29 is 13.9 Å². The van der Waals surface area contributed by atoms with E-state index in [4.69, 9.17) is 4.42 Å². The number of thioether (sulfide) groups is 1. The monoisotopic (exact) mass is 302 g/mol. The molecule has 6 heteroatoms. The first-order chi connectivity index (χ1) is 10.2. The number of aromatic hydroxyl groups is 1. The van der Waals surface area contributed by atoms with Crippen LogP contribution in [0, 0.1) is 5.82 Å². The minimum Gasteiger partial charge on any atom is -0.507 e. The molecule has 106 valence electrons. The smallest absolute Gasteiger partial charge is 0.250 e. The summed E-state index contributed by atoms with van der Waals surface area (Å²) in [6.45, 7) is 0. The van der Waals surface area contributed by atoms with Crippen LogP contribution in [0.3, 0.4) is 0 Å². The molecule has 1 aromatic heterocycles. The van der Waals surface area contributed by atoms with Crippen molar-refractivity contribution in [1.82, 2.24) is 10.2 Å². The lowest BCUT2D eigenvalue weighted by Crippen LogP contribution is -1.82. The van der Waals surface area contributed by atoms with Crippen LogP contribution in [0.5, 0.6) is 5.75 Å². The molecular weight excluding hydrogens is 291 g/mol. The number of halogens is 1. The third-order valence-corrected chi connectivity index (χ3v) is 3.84. The molecule has 2 aromatic carbocycles. The Kier molecular flexibility index (Phi) is 3.87. The van der Waals surface area contributed by atoms with Gasteiger partial charge in [-0.1, -0.05) is 24.3 Å². The van der Waals surface area contributed by atoms with Crippen molar-refractivity contribution in [3.05, 3.63) is 60.2 Å². The highest BCUT2D eigenvalue weighted by Gasteiger charge is 2.13. The van der Waals surface area contributed by atoms with Gasteiger partial charge in [-0.05, 0) is 24.3 Å². The van der Waals surface area contributed by atoms with Crippen LogP contribution in [0.15, 0.2) is 57.8 Å². The van der Waals surface area contributed by atoms with Crippen LogP contribution in [-0.2, 0) is 5.75 Å². The number of para-hydroxylation sites is 1. The summed E-state index contributed by atoms with van der Waals surface area (Å²) in [5, 5.41) is 17.4. The lowest BCUT2D eigenvalue weighted by atomic mass is 10.2.